The summed E-state index contributed by atoms with van der Waals surface area (Å²) in [5.74, 6) is 0.00288. The average Bonchev–Trinajstić information content (AvgIpc) is 3.07. The summed E-state index contributed by atoms with van der Waals surface area (Å²) in [5.41, 5.74) is 2.38. The van der Waals surface area contributed by atoms with Gasteiger partial charge in [-0.3, -0.25) is 4.79 Å². The Bertz CT molecular complexity index is 734. The summed E-state index contributed by atoms with van der Waals surface area (Å²) in [4.78, 5) is 14.1. The minimum absolute atomic E-state index is 0.00288. The zero-order valence-electron chi connectivity index (χ0n) is 12.2. The van der Waals surface area contributed by atoms with Gasteiger partial charge in [0.1, 0.15) is 0 Å². The smallest absolute Gasteiger partial charge is 0.261 e. The highest BCUT2D eigenvalue weighted by Crippen LogP contribution is 2.27. The number of hydrogen-bond donors (Lipinski definition) is 1. The molecule has 3 aromatic rings. The van der Waals surface area contributed by atoms with Crippen LogP contribution in [0.3, 0.4) is 0 Å². The number of nitrogens with one attached hydrogen (secondary N) is 1. The van der Waals surface area contributed by atoms with Crippen LogP contribution < -0.4 is 5.32 Å². The Morgan fingerprint density at radius 2 is 1.55 bits per heavy atom. The van der Waals surface area contributed by atoms with E-state index in [-0.39, 0.29) is 5.91 Å². The third kappa shape index (κ3) is 3.62. The van der Waals surface area contributed by atoms with Crippen LogP contribution in [0.2, 0.25) is 0 Å². The van der Waals surface area contributed by atoms with Crippen molar-refractivity contribution >= 4 is 17.2 Å². The Kier molecular flexibility index (Phi) is 4.66. The summed E-state index contributed by atoms with van der Waals surface area (Å²) in [6, 6.07) is 24.2. The molecule has 1 heterocycles. The van der Waals surface area contributed by atoms with Gasteiger partial charge in [0.25, 0.3) is 5.91 Å². The van der Waals surface area contributed by atoms with Gasteiger partial charge in [-0.1, -0.05) is 60.7 Å². The van der Waals surface area contributed by atoms with Gasteiger partial charge in [0.05, 0.1) is 4.88 Å². The van der Waals surface area contributed by atoms with E-state index in [0.717, 1.165) is 21.7 Å². The molecule has 2 nitrogen and oxygen atoms in total. The van der Waals surface area contributed by atoms with Gasteiger partial charge in [0, 0.05) is 11.4 Å². The molecule has 3 heteroatoms. The number of carbonyl (C=O) groups excluding carboxylic acids is 1. The summed E-state index contributed by atoms with van der Waals surface area (Å²) in [5, 5.41) is 2.98. The maximum atomic E-state index is 12.2. The second-order valence-corrected chi connectivity index (χ2v) is 6.11. The normalized spacial score (nSPS) is 10.4. The summed E-state index contributed by atoms with van der Waals surface area (Å²) in [6.45, 7) is 0.654. The van der Waals surface area contributed by atoms with Crippen molar-refractivity contribution in [2.75, 3.05) is 6.54 Å². The van der Waals surface area contributed by atoms with Crippen molar-refractivity contribution < 1.29 is 4.79 Å². The number of amides is 1. The molecule has 0 aliphatic heterocycles. The lowest BCUT2D eigenvalue weighted by atomic mass is 10.1. The minimum Gasteiger partial charge on any atom is -0.351 e. The molecular weight excluding hydrogens is 290 g/mol. The van der Waals surface area contributed by atoms with E-state index in [1.54, 1.807) is 0 Å². The highest BCUT2D eigenvalue weighted by molar-refractivity contribution is 7.17. The fraction of sp³-hybridized carbons (Fsp3) is 0.105. The van der Waals surface area contributed by atoms with E-state index in [9.17, 15) is 4.79 Å². The third-order valence-corrected chi connectivity index (χ3v) is 4.56. The summed E-state index contributed by atoms with van der Waals surface area (Å²) >= 11 is 1.53. The molecular formula is C19H17NOS. The average molecular weight is 307 g/mol. The van der Waals surface area contributed by atoms with Crippen LogP contribution in [0.5, 0.6) is 0 Å². The van der Waals surface area contributed by atoms with Crippen LogP contribution in [0.15, 0.2) is 72.8 Å². The molecule has 1 aromatic heterocycles. The third-order valence-electron chi connectivity index (χ3n) is 3.43. The van der Waals surface area contributed by atoms with E-state index in [1.165, 1.54) is 16.9 Å². The lowest BCUT2D eigenvalue weighted by Gasteiger charge is -2.03. The van der Waals surface area contributed by atoms with Gasteiger partial charge < -0.3 is 5.32 Å². The molecule has 0 spiro atoms. The van der Waals surface area contributed by atoms with Gasteiger partial charge in [0.2, 0.25) is 0 Å². The molecule has 110 valence electrons. The van der Waals surface area contributed by atoms with Crippen molar-refractivity contribution in [2.24, 2.45) is 0 Å². The van der Waals surface area contributed by atoms with Crippen LogP contribution in [0.25, 0.3) is 10.4 Å². The second-order valence-electron chi connectivity index (χ2n) is 5.02. The number of thiophene rings is 1. The molecule has 2 aromatic carbocycles. The minimum atomic E-state index is 0.00288. The van der Waals surface area contributed by atoms with Gasteiger partial charge in [-0.2, -0.15) is 0 Å². The number of rotatable bonds is 5. The molecule has 22 heavy (non-hydrogen) atoms. The molecule has 0 saturated heterocycles. The van der Waals surface area contributed by atoms with E-state index < -0.39 is 0 Å². The maximum Gasteiger partial charge on any atom is 0.261 e. The van der Waals surface area contributed by atoms with Crippen LogP contribution >= 0.6 is 11.3 Å². The molecule has 1 amide bonds. The summed E-state index contributed by atoms with van der Waals surface area (Å²) < 4.78 is 0. The Morgan fingerprint density at radius 1 is 0.864 bits per heavy atom. The monoisotopic (exact) mass is 307 g/mol. The second kappa shape index (κ2) is 7.05. The largest absolute Gasteiger partial charge is 0.351 e. The highest BCUT2D eigenvalue weighted by Gasteiger charge is 2.09. The molecule has 0 bridgehead atoms. The van der Waals surface area contributed by atoms with E-state index in [4.69, 9.17) is 0 Å². The lowest BCUT2D eigenvalue weighted by molar-refractivity contribution is 0.0958. The van der Waals surface area contributed by atoms with Crippen LogP contribution in [-0.4, -0.2) is 12.5 Å². The number of carbonyl (C=O) groups is 1. The van der Waals surface area contributed by atoms with Gasteiger partial charge >= 0.3 is 0 Å². The van der Waals surface area contributed by atoms with Crippen molar-refractivity contribution in [1.29, 1.82) is 0 Å². The first kappa shape index (κ1) is 14.5. The topological polar surface area (TPSA) is 29.1 Å². The van der Waals surface area contributed by atoms with Crippen molar-refractivity contribution in [3.63, 3.8) is 0 Å². The first-order valence-electron chi connectivity index (χ1n) is 7.30. The zero-order chi connectivity index (χ0) is 15.2. The number of hydrogen-bond acceptors (Lipinski definition) is 2. The van der Waals surface area contributed by atoms with E-state index in [0.29, 0.717) is 6.54 Å². The SMILES string of the molecule is O=C(NCCc1ccccc1)c1ccc(-c2ccccc2)s1. The quantitative estimate of drug-likeness (QED) is 0.744. The van der Waals surface area contributed by atoms with Crippen molar-refractivity contribution in [2.45, 2.75) is 6.42 Å². The van der Waals surface area contributed by atoms with Crippen molar-refractivity contribution in [3.8, 4) is 10.4 Å². The predicted octanol–water partition coefficient (Wildman–Crippen LogP) is 4.39. The molecule has 0 aliphatic carbocycles. The van der Waals surface area contributed by atoms with E-state index in [1.807, 2.05) is 48.5 Å². The Hall–Kier alpha value is -2.39. The lowest BCUT2D eigenvalue weighted by Crippen LogP contribution is -2.24. The van der Waals surface area contributed by atoms with Crippen molar-refractivity contribution in [1.82, 2.24) is 5.32 Å². The van der Waals surface area contributed by atoms with Crippen LogP contribution in [0, 0.1) is 0 Å². The molecule has 0 unspecified atom stereocenters. The van der Waals surface area contributed by atoms with Gasteiger partial charge in [-0.05, 0) is 29.7 Å². The molecule has 0 saturated carbocycles. The molecule has 0 fully saturated rings. The summed E-state index contributed by atoms with van der Waals surface area (Å²) in [7, 11) is 0. The Morgan fingerprint density at radius 3 is 2.27 bits per heavy atom. The Labute approximate surface area is 134 Å². The Balaban J connectivity index is 1.58. The molecule has 0 atom stereocenters. The van der Waals surface area contributed by atoms with Gasteiger partial charge in [0.15, 0.2) is 0 Å². The predicted molar refractivity (Wildman–Crippen MR) is 92.2 cm³/mol. The van der Waals surface area contributed by atoms with E-state index >= 15 is 0 Å². The number of benzene rings is 2. The summed E-state index contributed by atoms with van der Waals surface area (Å²) in [6.07, 6.45) is 0.851. The first-order chi connectivity index (χ1) is 10.8. The van der Waals surface area contributed by atoms with Gasteiger partial charge in [-0.15, -0.1) is 11.3 Å². The first-order valence-corrected chi connectivity index (χ1v) is 8.12. The zero-order valence-corrected chi connectivity index (χ0v) is 13.0. The van der Waals surface area contributed by atoms with Crippen molar-refractivity contribution in [3.05, 3.63) is 83.2 Å². The maximum absolute atomic E-state index is 12.2. The van der Waals surface area contributed by atoms with Crippen LogP contribution in [0.1, 0.15) is 15.2 Å². The van der Waals surface area contributed by atoms with Crippen LogP contribution in [0.4, 0.5) is 0 Å². The molecule has 3 rings (SSSR count). The molecule has 0 radical (unpaired) electrons. The fourth-order valence-electron chi connectivity index (χ4n) is 2.27. The molecule has 1 N–H and O–H groups in total. The van der Waals surface area contributed by atoms with Crippen LogP contribution in [-0.2, 0) is 6.42 Å². The molecule has 0 aliphatic rings. The van der Waals surface area contributed by atoms with E-state index in [2.05, 4.69) is 29.6 Å². The fourth-order valence-corrected chi connectivity index (χ4v) is 3.20. The van der Waals surface area contributed by atoms with Gasteiger partial charge in [-0.25, -0.2) is 0 Å². The highest BCUT2D eigenvalue weighted by atomic mass is 32.1. The standard InChI is InChI=1S/C19H17NOS/c21-19(20-14-13-15-7-3-1-4-8-15)18-12-11-17(22-18)16-9-5-2-6-10-16/h1-12H,13-14H2,(H,20,21).